The predicted octanol–water partition coefficient (Wildman–Crippen LogP) is 4.03. The normalized spacial score (nSPS) is 14.1. The van der Waals surface area contributed by atoms with E-state index >= 15 is 0 Å². The molecule has 1 aromatic carbocycles. The molecular formula is C16H13F2N3OS. The van der Waals surface area contributed by atoms with Crippen molar-refractivity contribution in [1.29, 1.82) is 0 Å². The van der Waals surface area contributed by atoms with Crippen LogP contribution in [0.4, 0.5) is 14.5 Å². The van der Waals surface area contributed by atoms with E-state index in [1.54, 1.807) is 0 Å². The summed E-state index contributed by atoms with van der Waals surface area (Å²) in [4.78, 5) is 7.12. The Labute approximate surface area is 135 Å². The summed E-state index contributed by atoms with van der Waals surface area (Å²) in [5.74, 6) is -0.129. The molecule has 2 aromatic heterocycles. The second-order valence-electron chi connectivity index (χ2n) is 5.41. The molecule has 23 heavy (non-hydrogen) atoms. The van der Waals surface area contributed by atoms with Gasteiger partial charge in [-0.2, -0.15) is 4.98 Å². The number of anilines is 1. The van der Waals surface area contributed by atoms with Gasteiger partial charge in [0.05, 0.1) is 17.1 Å². The fourth-order valence-electron chi connectivity index (χ4n) is 2.88. The van der Waals surface area contributed by atoms with E-state index in [1.165, 1.54) is 17.4 Å². The Morgan fingerprint density at radius 2 is 2.22 bits per heavy atom. The molecule has 0 spiro atoms. The van der Waals surface area contributed by atoms with Gasteiger partial charge < -0.3 is 9.42 Å². The zero-order valence-electron chi connectivity index (χ0n) is 12.1. The fraction of sp³-hybridized carbons (Fsp3) is 0.250. The molecule has 0 aliphatic carbocycles. The third kappa shape index (κ3) is 2.72. The number of thiophene rings is 1. The smallest absolute Gasteiger partial charge is 0.246 e. The molecule has 3 aromatic rings. The minimum atomic E-state index is -0.544. The van der Waals surface area contributed by atoms with Gasteiger partial charge in [-0.3, -0.25) is 0 Å². The summed E-state index contributed by atoms with van der Waals surface area (Å²) in [6, 6.07) is 6.15. The maximum absolute atomic E-state index is 14.2. The zero-order valence-corrected chi connectivity index (χ0v) is 12.9. The van der Waals surface area contributed by atoms with Crippen molar-refractivity contribution in [2.75, 3.05) is 11.4 Å². The topological polar surface area (TPSA) is 42.2 Å². The fourth-order valence-corrected chi connectivity index (χ4v) is 3.53. The molecule has 0 fully saturated rings. The van der Waals surface area contributed by atoms with Crippen LogP contribution in [-0.2, 0) is 13.0 Å². The Kier molecular flexibility index (Phi) is 3.57. The molecule has 0 saturated heterocycles. The number of halogens is 2. The number of fused-ring (bicyclic) bond motifs is 1. The molecule has 0 bridgehead atoms. The van der Waals surface area contributed by atoms with Crippen molar-refractivity contribution in [3.63, 3.8) is 0 Å². The summed E-state index contributed by atoms with van der Waals surface area (Å²) >= 11 is 1.53. The number of benzene rings is 1. The van der Waals surface area contributed by atoms with Gasteiger partial charge in [-0.1, -0.05) is 11.2 Å². The molecule has 3 heterocycles. The summed E-state index contributed by atoms with van der Waals surface area (Å²) < 4.78 is 32.8. The Balaban J connectivity index is 1.61. The van der Waals surface area contributed by atoms with Gasteiger partial charge in [0.15, 0.2) is 0 Å². The highest BCUT2D eigenvalue weighted by atomic mass is 32.1. The first-order valence-corrected chi connectivity index (χ1v) is 8.18. The summed E-state index contributed by atoms with van der Waals surface area (Å²) in [5, 5.41) is 5.90. The molecule has 0 N–H and O–H groups in total. The average Bonchev–Trinajstić information content (AvgIpc) is 3.17. The first kappa shape index (κ1) is 14.3. The van der Waals surface area contributed by atoms with Crippen LogP contribution in [0.1, 0.15) is 17.9 Å². The molecule has 4 nitrogen and oxygen atoms in total. The number of aryl methyl sites for hydroxylation is 1. The molecule has 0 radical (unpaired) electrons. The van der Waals surface area contributed by atoms with Crippen LogP contribution in [0.2, 0.25) is 0 Å². The van der Waals surface area contributed by atoms with E-state index in [0.717, 1.165) is 17.4 Å². The van der Waals surface area contributed by atoms with E-state index in [4.69, 9.17) is 4.52 Å². The van der Waals surface area contributed by atoms with Gasteiger partial charge in [0, 0.05) is 12.6 Å². The summed E-state index contributed by atoms with van der Waals surface area (Å²) in [5.41, 5.74) is 1.13. The van der Waals surface area contributed by atoms with E-state index in [1.807, 2.05) is 22.4 Å². The first-order valence-electron chi connectivity index (χ1n) is 7.30. The van der Waals surface area contributed by atoms with E-state index in [2.05, 4.69) is 10.1 Å². The molecule has 0 amide bonds. The van der Waals surface area contributed by atoms with Crippen molar-refractivity contribution in [2.24, 2.45) is 0 Å². The summed E-state index contributed by atoms with van der Waals surface area (Å²) in [6.07, 6.45) is 1.51. The molecule has 0 saturated carbocycles. The predicted molar refractivity (Wildman–Crippen MR) is 83.3 cm³/mol. The van der Waals surface area contributed by atoms with Crippen molar-refractivity contribution >= 4 is 17.0 Å². The molecule has 118 valence electrons. The van der Waals surface area contributed by atoms with Gasteiger partial charge in [-0.15, -0.1) is 11.3 Å². The Bertz CT molecular complexity index is 832. The van der Waals surface area contributed by atoms with Gasteiger partial charge in [0.1, 0.15) is 11.6 Å². The van der Waals surface area contributed by atoms with Crippen LogP contribution in [0.3, 0.4) is 0 Å². The van der Waals surface area contributed by atoms with Crippen LogP contribution in [0.5, 0.6) is 0 Å². The van der Waals surface area contributed by atoms with Crippen LogP contribution in [0.15, 0.2) is 34.2 Å². The van der Waals surface area contributed by atoms with Gasteiger partial charge in [0.2, 0.25) is 11.7 Å². The largest absolute Gasteiger partial charge is 0.360 e. The Morgan fingerprint density at radius 1 is 1.30 bits per heavy atom. The molecule has 7 heteroatoms. The lowest BCUT2D eigenvalue weighted by Gasteiger charge is -2.30. The number of hydrogen-bond donors (Lipinski definition) is 0. The second kappa shape index (κ2) is 5.73. The van der Waals surface area contributed by atoms with Crippen molar-refractivity contribution < 1.29 is 13.3 Å². The van der Waals surface area contributed by atoms with E-state index < -0.39 is 11.6 Å². The van der Waals surface area contributed by atoms with Gasteiger partial charge in [-0.25, -0.2) is 8.78 Å². The van der Waals surface area contributed by atoms with E-state index in [9.17, 15) is 8.78 Å². The van der Waals surface area contributed by atoms with Gasteiger partial charge in [0.25, 0.3) is 0 Å². The van der Waals surface area contributed by atoms with Crippen molar-refractivity contribution in [1.82, 2.24) is 10.1 Å². The highest BCUT2D eigenvalue weighted by molar-refractivity contribution is 7.13. The Hall–Kier alpha value is -2.28. The number of rotatable bonds is 3. The third-order valence-corrected chi connectivity index (χ3v) is 4.70. The van der Waals surface area contributed by atoms with Gasteiger partial charge in [-0.05, 0) is 35.9 Å². The molecule has 4 rings (SSSR count). The number of aromatic nitrogens is 2. The minimum Gasteiger partial charge on any atom is -0.360 e. The maximum atomic E-state index is 14.2. The first-order chi connectivity index (χ1) is 11.2. The third-order valence-electron chi connectivity index (χ3n) is 3.83. The SMILES string of the molecule is Fc1cc(F)c2c(c1)CCCN2Cc1nc(-c2cccs2)no1. The van der Waals surface area contributed by atoms with Crippen LogP contribution >= 0.6 is 11.3 Å². The standard InChI is InChI=1S/C16H13F2N3OS/c17-11-7-10-3-1-5-21(15(10)12(18)8-11)9-14-19-16(20-22-14)13-4-2-6-23-13/h2,4,6-8H,1,3,5,9H2. The summed E-state index contributed by atoms with van der Waals surface area (Å²) in [6.45, 7) is 0.986. The highest BCUT2D eigenvalue weighted by Gasteiger charge is 2.24. The number of nitrogens with zero attached hydrogens (tertiary/aromatic N) is 3. The van der Waals surface area contributed by atoms with Crippen LogP contribution in [0, 0.1) is 11.6 Å². The lowest BCUT2D eigenvalue weighted by molar-refractivity contribution is 0.374. The lowest BCUT2D eigenvalue weighted by Crippen LogP contribution is -2.30. The van der Waals surface area contributed by atoms with Crippen molar-refractivity contribution in [3.8, 4) is 10.7 Å². The molecule has 0 unspecified atom stereocenters. The Morgan fingerprint density at radius 3 is 3.04 bits per heavy atom. The number of hydrogen-bond acceptors (Lipinski definition) is 5. The quantitative estimate of drug-likeness (QED) is 0.726. The molecule has 0 atom stereocenters. The van der Waals surface area contributed by atoms with Crippen molar-refractivity contribution in [2.45, 2.75) is 19.4 Å². The van der Waals surface area contributed by atoms with Gasteiger partial charge >= 0.3 is 0 Å². The second-order valence-corrected chi connectivity index (χ2v) is 6.36. The van der Waals surface area contributed by atoms with Crippen LogP contribution in [0.25, 0.3) is 10.7 Å². The zero-order chi connectivity index (χ0) is 15.8. The molecular weight excluding hydrogens is 320 g/mol. The summed E-state index contributed by atoms with van der Waals surface area (Å²) in [7, 11) is 0. The molecule has 1 aliphatic rings. The van der Waals surface area contributed by atoms with Crippen LogP contribution in [-0.4, -0.2) is 16.7 Å². The lowest BCUT2D eigenvalue weighted by atomic mass is 10.0. The minimum absolute atomic E-state index is 0.313. The average molecular weight is 333 g/mol. The molecule has 1 aliphatic heterocycles. The monoisotopic (exact) mass is 333 g/mol. The van der Waals surface area contributed by atoms with Crippen LogP contribution < -0.4 is 4.90 Å². The van der Waals surface area contributed by atoms with Crippen molar-refractivity contribution in [3.05, 3.63) is 52.7 Å². The van der Waals surface area contributed by atoms with E-state index in [0.29, 0.717) is 42.5 Å². The maximum Gasteiger partial charge on any atom is 0.246 e. The van der Waals surface area contributed by atoms with E-state index in [-0.39, 0.29) is 0 Å². The highest BCUT2D eigenvalue weighted by Crippen LogP contribution is 2.32.